The van der Waals surface area contributed by atoms with Crippen molar-refractivity contribution in [2.45, 2.75) is 111 Å². The molecule has 0 aliphatic rings. The van der Waals surface area contributed by atoms with Crippen molar-refractivity contribution in [3.63, 3.8) is 0 Å². The molecule has 186 valence electrons. The highest BCUT2D eigenvalue weighted by Crippen LogP contribution is 2.34. The minimum absolute atomic E-state index is 0.0801. The Morgan fingerprint density at radius 1 is 0.688 bits per heavy atom. The highest BCUT2D eigenvalue weighted by molar-refractivity contribution is 5.24. The van der Waals surface area contributed by atoms with E-state index >= 15 is 0 Å². The van der Waals surface area contributed by atoms with Gasteiger partial charge in [-0.25, -0.2) is 22.0 Å². The summed E-state index contributed by atoms with van der Waals surface area (Å²) in [6, 6.07) is 0. The highest BCUT2D eigenvalue weighted by atomic mass is 19.2. The van der Waals surface area contributed by atoms with Gasteiger partial charge in [-0.1, -0.05) is 45.4 Å². The molecule has 1 aromatic carbocycles. The lowest BCUT2D eigenvalue weighted by molar-refractivity contribution is -0.407. The SMILES string of the molecule is CCCCCCCCC(CCc1c(F)c(F)c(F)c(F)c1F)C(O)(OC(C)C)OC(C)C. The Labute approximate surface area is 188 Å². The molecule has 0 aliphatic carbocycles. The van der Waals surface area contributed by atoms with Crippen LogP contribution in [0.4, 0.5) is 22.0 Å². The summed E-state index contributed by atoms with van der Waals surface area (Å²) in [5, 5.41) is 11.2. The van der Waals surface area contributed by atoms with Gasteiger partial charge in [0.05, 0.1) is 12.2 Å². The van der Waals surface area contributed by atoms with Crippen molar-refractivity contribution in [3.8, 4) is 0 Å². The molecule has 1 N–H and O–H groups in total. The average molecular weight is 469 g/mol. The van der Waals surface area contributed by atoms with Gasteiger partial charge in [-0.2, -0.15) is 0 Å². The normalized spacial score (nSPS) is 13.4. The van der Waals surface area contributed by atoms with E-state index in [4.69, 9.17) is 9.47 Å². The van der Waals surface area contributed by atoms with Gasteiger partial charge in [-0.15, -0.1) is 0 Å². The smallest absolute Gasteiger partial charge is 0.283 e. The lowest BCUT2D eigenvalue weighted by Crippen LogP contribution is -2.47. The molecule has 0 bridgehead atoms. The van der Waals surface area contributed by atoms with Crippen molar-refractivity contribution in [1.82, 2.24) is 0 Å². The molecule has 3 nitrogen and oxygen atoms in total. The molecule has 0 amide bonds. The maximum atomic E-state index is 14.1. The van der Waals surface area contributed by atoms with Gasteiger partial charge < -0.3 is 14.6 Å². The molecule has 1 atom stereocenters. The predicted molar refractivity (Wildman–Crippen MR) is 113 cm³/mol. The molecule has 0 fully saturated rings. The second-order valence-electron chi connectivity index (χ2n) is 8.80. The summed E-state index contributed by atoms with van der Waals surface area (Å²) >= 11 is 0. The van der Waals surface area contributed by atoms with Crippen molar-refractivity contribution in [3.05, 3.63) is 34.6 Å². The largest absolute Gasteiger partial charge is 0.343 e. The maximum Gasteiger partial charge on any atom is 0.283 e. The Morgan fingerprint density at radius 3 is 1.59 bits per heavy atom. The summed E-state index contributed by atoms with van der Waals surface area (Å²) in [6.45, 7) is 8.95. The van der Waals surface area contributed by atoms with Crippen LogP contribution in [0, 0.1) is 35.0 Å². The van der Waals surface area contributed by atoms with E-state index in [1.165, 1.54) is 0 Å². The molecule has 1 rings (SSSR count). The maximum absolute atomic E-state index is 14.1. The van der Waals surface area contributed by atoms with Crippen LogP contribution in [0.1, 0.15) is 91.5 Å². The first-order valence-electron chi connectivity index (χ1n) is 11.5. The molecule has 0 aliphatic heterocycles. The van der Waals surface area contributed by atoms with E-state index in [1.54, 1.807) is 27.7 Å². The zero-order valence-corrected chi connectivity index (χ0v) is 19.7. The first kappa shape index (κ1) is 28.8. The molecule has 0 heterocycles. The standard InChI is InChI=1S/C24H37F5O3/c1-6-7-8-9-10-11-12-17(24(30,31-15(2)3)32-16(4)5)13-14-18-19(25)21(27)23(29)22(28)20(18)26/h15-17,30H,6-14H2,1-5H3. The van der Waals surface area contributed by atoms with Gasteiger partial charge in [0, 0.05) is 11.5 Å². The average Bonchev–Trinajstić information content (AvgIpc) is 2.70. The van der Waals surface area contributed by atoms with Gasteiger partial charge in [0.1, 0.15) is 0 Å². The second-order valence-corrected chi connectivity index (χ2v) is 8.80. The lowest BCUT2D eigenvalue weighted by Gasteiger charge is -2.38. The summed E-state index contributed by atoms with van der Waals surface area (Å²) in [4.78, 5) is 0. The third kappa shape index (κ3) is 8.27. The number of rotatable bonds is 15. The number of hydrogen-bond acceptors (Lipinski definition) is 3. The molecule has 0 spiro atoms. The Morgan fingerprint density at radius 2 is 1.12 bits per heavy atom. The fourth-order valence-corrected chi connectivity index (χ4v) is 3.76. The quantitative estimate of drug-likeness (QED) is 0.0974. The van der Waals surface area contributed by atoms with Gasteiger partial charge >= 0.3 is 0 Å². The van der Waals surface area contributed by atoms with Crippen LogP contribution in [0.5, 0.6) is 0 Å². The summed E-state index contributed by atoms with van der Waals surface area (Å²) in [7, 11) is 0. The van der Waals surface area contributed by atoms with Gasteiger partial charge in [-0.05, 0) is 47.0 Å². The van der Waals surface area contributed by atoms with E-state index in [2.05, 4.69) is 6.92 Å². The molecule has 0 radical (unpaired) electrons. The van der Waals surface area contributed by atoms with Crippen LogP contribution in [0.3, 0.4) is 0 Å². The Bertz CT molecular complexity index is 670. The van der Waals surface area contributed by atoms with Crippen molar-refractivity contribution < 1.29 is 36.5 Å². The molecule has 0 saturated heterocycles. The fraction of sp³-hybridized carbons (Fsp3) is 0.750. The van der Waals surface area contributed by atoms with Crippen LogP contribution in [0.15, 0.2) is 0 Å². The monoisotopic (exact) mass is 468 g/mol. The molecule has 8 heteroatoms. The summed E-state index contributed by atoms with van der Waals surface area (Å²) in [6.07, 6.45) is 4.95. The molecule has 1 aromatic rings. The van der Waals surface area contributed by atoms with Crippen LogP contribution in [0.2, 0.25) is 0 Å². The first-order chi connectivity index (χ1) is 14.9. The van der Waals surface area contributed by atoms with Crippen LogP contribution in [0.25, 0.3) is 0 Å². The van der Waals surface area contributed by atoms with Crippen LogP contribution in [-0.2, 0) is 15.9 Å². The Balaban J connectivity index is 3.09. The van der Waals surface area contributed by atoms with Gasteiger partial charge in [0.15, 0.2) is 23.3 Å². The van der Waals surface area contributed by atoms with E-state index in [0.717, 1.165) is 32.1 Å². The van der Waals surface area contributed by atoms with E-state index < -0.39 is 65.2 Å². The van der Waals surface area contributed by atoms with E-state index in [-0.39, 0.29) is 6.42 Å². The molecule has 1 unspecified atom stereocenters. The van der Waals surface area contributed by atoms with Crippen molar-refractivity contribution in [2.24, 2.45) is 5.92 Å². The minimum Gasteiger partial charge on any atom is -0.343 e. The number of benzene rings is 1. The Hall–Kier alpha value is -1.25. The van der Waals surface area contributed by atoms with Gasteiger partial charge in [0.25, 0.3) is 5.97 Å². The number of unbranched alkanes of at least 4 members (excludes halogenated alkanes) is 5. The number of hydrogen-bond donors (Lipinski definition) is 1. The topological polar surface area (TPSA) is 38.7 Å². The summed E-state index contributed by atoms with van der Waals surface area (Å²) in [5.41, 5.74) is -0.897. The highest BCUT2D eigenvalue weighted by Gasteiger charge is 2.41. The first-order valence-corrected chi connectivity index (χ1v) is 11.5. The zero-order chi connectivity index (χ0) is 24.5. The zero-order valence-electron chi connectivity index (χ0n) is 19.7. The molecule has 0 saturated carbocycles. The van der Waals surface area contributed by atoms with Crippen molar-refractivity contribution >= 4 is 0 Å². The van der Waals surface area contributed by atoms with Crippen LogP contribution < -0.4 is 0 Å². The number of ether oxygens (including phenoxy) is 2. The van der Waals surface area contributed by atoms with Crippen molar-refractivity contribution in [1.29, 1.82) is 0 Å². The minimum atomic E-state index is -2.19. The Kier molecular flexibility index (Phi) is 12.1. The lowest BCUT2D eigenvalue weighted by atomic mass is 9.90. The van der Waals surface area contributed by atoms with E-state index in [9.17, 15) is 27.1 Å². The van der Waals surface area contributed by atoms with Crippen LogP contribution in [-0.4, -0.2) is 23.3 Å². The van der Waals surface area contributed by atoms with Crippen molar-refractivity contribution in [2.75, 3.05) is 0 Å². The molecular weight excluding hydrogens is 431 g/mol. The summed E-state index contributed by atoms with van der Waals surface area (Å²) < 4.78 is 80.2. The number of aliphatic hydroxyl groups is 1. The fourth-order valence-electron chi connectivity index (χ4n) is 3.76. The molecule has 0 aromatic heterocycles. The number of halogens is 5. The van der Waals surface area contributed by atoms with E-state index in [1.807, 2.05) is 0 Å². The molecule has 32 heavy (non-hydrogen) atoms. The van der Waals surface area contributed by atoms with E-state index in [0.29, 0.717) is 12.8 Å². The predicted octanol–water partition coefficient (Wildman–Crippen LogP) is 7.18. The second kappa shape index (κ2) is 13.5. The van der Waals surface area contributed by atoms with Crippen LogP contribution >= 0.6 is 0 Å². The van der Waals surface area contributed by atoms with Gasteiger partial charge in [0.2, 0.25) is 5.82 Å². The van der Waals surface area contributed by atoms with Gasteiger partial charge in [-0.3, -0.25) is 0 Å². The third-order valence-electron chi connectivity index (χ3n) is 5.27. The third-order valence-corrected chi connectivity index (χ3v) is 5.27. The molecular formula is C24H37F5O3. The summed E-state index contributed by atoms with van der Waals surface area (Å²) in [5.74, 6) is -12.6.